The van der Waals surface area contributed by atoms with Crippen molar-refractivity contribution in [2.75, 3.05) is 11.9 Å². The Labute approximate surface area is 201 Å². The Morgan fingerprint density at radius 3 is 2.45 bits per heavy atom. The van der Waals surface area contributed by atoms with Crippen LogP contribution >= 0.6 is 23.4 Å². The van der Waals surface area contributed by atoms with Gasteiger partial charge in [0.1, 0.15) is 6.54 Å². The van der Waals surface area contributed by atoms with Crippen LogP contribution in [0, 0.1) is 20.8 Å². The van der Waals surface area contributed by atoms with Gasteiger partial charge >= 0.3 is 0 Å². The van der Waals surface area contributed by atoms with Gasteiger partial charge in [-0.3, -0.25) is 19.3 Å². The molecule has 4 rings (SSSR count). The molecule has 1 aliphatic rings. The smallest absolute Gasteiger partial charge is 0.294 e. The zero-order valence-electron chi connectivity index (χ0n) is 18.4. The lowest BCUT2D eigenvalue weighted by atomic mass is 10.1. The molecule has 0 saturated carbocycles. The van der Waals surface area contributed by atoms with E-state index in [9.17, 15) is 14.4 Å². The van der Waals surface area contributed by atoms with Crippen molar-refractivity contribution in [1.82, 2.24) is 9.47 Å². The Morgan fingerprint density at radius 1 is 1.03 bits per heavy atom. The third kappa shape index (κ3) is 4.74. The normalized spacial score (nSPS) is 14.9. The van der Waals surface area contributed by atoms with Gasteiger partial charge in [-0.25, -0.2) is 0 Å². The van der Waals surface area contributed by atoms with Crippen LogP contribution in [0.4, 0.5) is 10.5 Å². The Kier molecular flexibility index (Phi) is 6.44. The summed E-state index contributed by atoms with van der Waals surface area (Å²) in [5, 5.41) is 2.99. The van der Waals surface area contributed by atoms with Crippen molar-refractivity contribution in [2.24, 2.45) is 0 Å². The second kappa shape index (κ2) is 9.29. The molecule has 0 bridgehead atoms. The number of halogens is 1. The second-order valence-corrected chi connectivity index (χ2v) is 9.22. The zero-order valence-corrected chi connectivity index (χ0v) is 20.0. The average molecular weight is 480 g/mol. The molecule has 2 aromatic carbocycles. The Hall–Kier alpha value is -3.29. The molecule has 33 heavy (non-hydrogen) atoms. The van der Waals surface area contributed by atoms with Crippen molar-refractivity contribution in [3.63, 3.8) is 0 Å². The van der Waals surface area contributed by atoms with E-state index in [2.05, 4.69) is 5.32 Å². The third-order valence-electron chi connectivity index (χ3n) is 5.41. The van der Waals surface area contributed by atoms with Crippen LogP contribution in [0.25, 0.3) is 11.8 Å². The Morgan fingerprint density at radius 2 is 1.76 bits per heavy atom. The number of imide groups is 1. The molecule has 0 atom stereocenters. The number of anilines is 1. The number of rotatable bonds is 5. The van der Waals surface area contributed by atoms with Gasteiger partial charge in [0.15, 0.2) is 0 Å². The fourth-order valence-electron chi connectivity index (χ4n) is 3.58. The first-order chi connectivity index (χ1) is 15.7. The van der Waals surface area contributed by atoms with E-state index < -0.39 is 17.1 Å². The summed E-state index contributed by atoms with van der Waals surface area (Å²) < 4.78 is 1.88. The number of nitrogens with zero attached hydrogens (tertiary/aromatic N) is 2. The lowest BCUT2D eigenvalue weighted by molar-refractivity contribution is -0.127. The maximum Gasteiger partial charge on any atom is 0.294 e. The SMILES string of the molecule is Cc1ccc(-n2cccc2/C=C2\SC(=O)N(CC(=O)Nc3c(C)cccc3C)C2=O)cc1Cl. The molecule has 168 valence electrons. The van der Waals surface area contributed by atoms with Crippen molar-refractivity contribution < 1.29 is 14.4 Å². The number of benzene rings is 2. The summed E-state index contributed by atoms with van der Waals surface area (Å²) in [5.41, 5.74) is 5.05. The number of carbonyl (C=O) groups excluding carboxylic acids is 3. The molecule has 6 nitrogen and oxygen atoms in total. The molecule has 0 unspecified atom stereocenters. The number of carbonyl (C=O) groups is 3. The summed E-state index contributed by atoms with van der Waals surface area (Å²) in [4.78, 5) is 39.2. The number of para-hydroxylation sites is 1. The first-order valence-corrected chi connectivity index (χ1v) is 11.5. The summed E-state index contributed by atoms with van der Waals surface area (Å²) in [7, 11) is 0. The second-order valence-electron chi connectivity index (χ2n) is 7.82. The average Bonchev–Trinajstić information content (AvgIpc) is 3.33. The maximum absolute atomic E-state index is 12.9. The predicted molar refractivity (Wildman–Crippen MR) is 133 cm³/mol. The fourth-order valence-corrected chi connectivity index (χ4v) is 4.58. The Balaban J connectivity index is 1.53. The van der Waals surface area contributed by atoms with Gasteiger partial charge < -0.3 is 9.88 Å². The molecule has 1 fully saturated rings. The van der Waals surface area contributed by atoms with Crippen LogP contribution in [0.3, 0.4) is 0 Å². The number of thioether (sulfide) groups is 1. The molecule has 3 amide bonds. The minimum absolute atomic E-state index is 0.262. The van der Waals surface area contributed by atoms with Gasteiger partial charge in [-0.15, -0.1) is 0 Å². The quantitative estimate of drug-likeness (QED) is 0.474. The van der Waals surface area contributed by atoms with Gasteiger partial charge in [-0.05, 0) is 79.6 Å². The molecule has 8 heteroatoms. The van der Waals surface area contributed by atoms with Crippen LogP contribution in [0.2, 0.25) is 5.02 Å². The highest BCUT2D eigenvalue weighted by molar-refractivity contribution is 8.18. The van der Waals surface area contributed by atoms with Gasteiger partial charge in [0.05, 0.1) is 4.91 Å². The monoisotopic (exact) mass is 479 g/mol. The topological polar surface area (TPSA) is 71.4 Å². The Bertz CT molecular complexity index is 1290. The highest BCUT2D eigenvalue weighted by Gasteiger charge is 2.36. The highest BCUT2D eigenvalue weighted by Crippen LogP contribution is 2.33. The summed E-state index contributed by atoms with van der Waals surface area (Å²) in [6.45, 7) is 5.36. The van der Waals surface area contributed by atoms with E-state index in [1.807, 2.05) is 80.1 Å². The number of amides is 3. The van der Waals surface area contributed by atoms with Gasteiger partial charge in [-0.1, -0.05) is 35.9 Å². The van der Waals surface area contributed by atoms with Crippen LogP contribution in [0.1, 0.15) is 22.4 Å². The van der Waals surface area contributed by atoms with E-state index in [0.29, 0.717) is 10.7 Å². The van der Waals surface area contributed by atoms with Crippen LogP contribution < -0.4 is 5.32 Å². The van der Waals surface area contributed by atoms with E-state index in [1.54, 1.807) is 6.08 Å². The molecule has 1 aliphatic heterocycles. The van der Waals surface area contributed by atoms with Crippen molar-refractivity contribution in [3.8, 4) is 5.69 Å². The zero-order chi connectivity index (χ0) is 23.7. The van der Waals surface area contributed by atoms with E-state index in [-0.39, 0.29) is 11.4 Å². The van der Waals surface area contributed by atoms with E-state index >= 15 is 0 Å². The van der Waals surface area contributed by atoms with Gasteiger partial charge in [0.2, 0.25) is 5.91 Å². The molecule has 1 aromatic heterocycles. The lowest BCUT2D eigenvalue weighted by Gasteiger charge is -2.15. The molecule has 0 radical (unpaired) electrons. The highest BCUT2D eigenvalue weighted by atomic mass is 35.5. The first-order valence-electron chi connectivity index (χ1n) is 10.3. The molecule has 1 saturated heterocycles. The van der Waals surface area contributed by atoms with Gasteiger partial charge in [0, 0.05) is 28.3 Å². The van der Waals surface area contributed by atoms with Gasteiger partial charge in [0.25, 0.3) is 11.1 Å². The maximum atomic E-state index is 12.9. The van der Waals surface area contributed by atoms with Crippen LogP contribution in [0.5, 0.6) is 0 Å². The number of aryl methyl sites for hydroxylation is 3. The fraction of sp³-hybridized carbons (Fsp3) is 0.160. The molecular weight excluding hydrogens is 458 g/mol. The van der Waals surface area contributed by atoms with Gasteiger partial charge in [-0.2, -0.15) is 0 Å². The number of aromatic nitrogens is 1. The summed E-state index contributed by atoms with van der Waals surface area (Å²) >= 11 is 7.09. The van der Waals surface area contributed by atoms with Crippen molar-refractivity contribution in [1.29, 1.82) is 0 Å². The minimum Gasteiger partial charge on any atom is -0.324 e. The molecule has 2 heterocycles. The predicted octanol–water partition coefficient (Wildman–Crippen LogP) is 5.73. The molecule has 3 aromatic rings. The molecule has 0 spiro atoms. The first kappa shape index (κ1) is 22.9. The third-order valence-corrected chi connectivity index (χ3v) is 6.73. The van der Waals surface area contributed by atoms with Crippen molar-refractivity contribution in [2.45, 2.75) is 20.8 Å². The van der Waals surface area contributed by atoms with E-state index in [4.69, 9.17) is 11.6 Å². The largest absolute Gasteiger partial charge is 0.324 e. The molecule has 1 N–H and O–H groups in total. The van der Waals surface area contributed by atoms with E-state index in [0.717, 1.165) is 44.7 Å². The number of hydrogen-bond acceptors (Lipinski definition) is 4. The van der Waals surface area contributed by atoms with Crippen LogP contribution in [-0.2, 0) is 9.59 Å². The number of hydrogen-bond donors (Lipinski definition) is 1. The van der Waals surface area contributed by atoms with Crippen molar-refractivity contribution in [3.05, 3.63) is 87.0 Å². The minimum atomic E-state index is -0.489. The summed E-state index contributed by atoms with van der Waals surface area (Å²) in [6.07, 6.45) is 3.51. The molecular formula is C25H22ClN3O3S. The van der Waals surface area contributed by atoms with Crippen LogP contribution in [-0.4, -0.2) is 33.1 Å². The van der Waals surface area contributed by atoms with Crippen molar-refractivity contribution >= 4 is 52.2 Å². The van der Waals surface area contributed by atoms with E-state index in [1.165, 1.54) is 0 Å². The number of nitrogens with one attached hydrogen (secondary N) is 1. The summed E-state index contributed by atoms with van der Waals surface area (Å²) in [5.74, 6) is -0.912. The standard InChI is InChI=1S/C25H22ClN3O3S/c1-15-9-10-19(12-20(15)26)28-11-5-8-18(28)13-21-24(31)29(25(32)33-21)14-22(30)27-23-16(2)6-4-7-17(23)3/h4-13H,14H2,1-3H3,(H,27,30)/b21-13-. The summed E-state index contributed by atoms with van der Waals surface area (Å²) in [6, 6.07) is 15.1. The molecule has 0 aliphatic carbocycles. The lowest BCUT2D eigenvalue weighted by Crippen LogP contribution is -2.36. The van der Waals surface area contributed by atoms with Crippen LogP contribution in [0.15, 0.2) is 59.6 Å².